The molecule has 0 unspecified atom stereocenters. The Kier molecular flexibility index (Phi) is 2.71. The fraction of sp³-hybridized carbons (Fsp3) is 0.167. The molecular weight excluding hydrogens is 144 g/mol. The zero-order valence-corrected chi connectivity index (χ0v) is 7.52. The predicted molar refractivity (Wildman–Crippen MR) is 52.9 cm³/mol. The average Bonchev–Trinajstić information content (AvgIpc) is 2.03. The molecule has 0 heterocycles. The van der Waals surface area contributed by atoms with Crippen LogP contribution in [0.25, 0.3) is 0 Å². The third-order valence-electron chi connectivity index (χ3n) is 1.56. The molecule has 0 bridgehead atoms. The largest absolute Gasteiger partial charge is 0.0877 e. The fourth-order valence-corrected chi connectivity index (χ4v) is 0.887. The van der Waals surface area contributed by atoms with Gasteiger partial charge in [0.05, 0.1) is 0 Å². The van der Waals surface area contributed by atoms with Crippen molar-refractivity contribution >= 4 is 0 Å². The summed E-state index contributed by atoms with van der Waals surface area (Å²) in [6.45, 7) is 7.69. The second kappa shape index (κ2) is 3.78. The molecule has 0 fully saturated rings. The van der Waals surface area contributed by atoms with Gasteiger partial charge in [-0.2, -0.15) is 0 Å². The van der Waals surface area contributed by atoms with Gasteiger partial charge in [-0.1, -0.05) is 36.6 Å². The van der Waals surface area contributed by atoms with Crippen LogP contribution in [0.1, 0.15) is 18.1 Å². The molecule has 0 aromatic heterocycles. The van der Waals surface area contributed by atoms with Gasteiger partial charge in [0.1, 0.15) is 0 Å². The maximum atomic E-state index is 3.73. The Balaban J connectivity index is 2.99. The highest BCUT2D eigenvalue weighted by Gasteiger charge is 1.89. The second-order valence-corrected chi connectivity index (χ2v) is 2.85. The first kappa shape index (κ1) is 8.62. The van der Waals surface area contributed by atoms with E-state index in [0.717, 1.165) is 11.1 Å². The summed E-state index contributed by atoms with van der Waals surface area (Å²) in [7, 11) is 0. The minimum atomic E-state index is 0.901. The quantitative estimate of drug-likeness (QED) is 0.507. The molecular formula is C12H12. The highest BCUT2D eigenvalue weighted by Crippen LogP contribution is 2.04. The fourth-order valence-electron chi connectivity index (χ4n) is 0.887. The van der Waals surface area contributed by atoms with Gasteiger partial charge in [-0.25, -0.2) is 0 Å². The summed E-state index contributed by atoms with van der Waals surface area (Å²) in [6.07, 6.45) is 0. The van der Waals surface area contributed by atoms with Crippen molar-refractivity contribution in [2.45, 2.75) is 13.8 Å². The summed E-state index contributed by atoms with van der Waals surface area (Å²) < 4.78 is 0. The molecule has 1 rings (SSSR count). The molecule has 0 radical (unpaired) electrons. The topological polar surface area (TPSA) is 0 Å². The van der Waals surface area contributed by atoms with Gasteiger partial charge in [-0.3, -0.25) is 0 Å². The van der Waals surface area contributed by atoms with E-state index in [4.69, 9.17) is 0 Å². The van der Waals surface area contributed by atoms with E-state index in [1.165, 1.54) is 5.56 Å². The third kappa shape index (κ3) is 2.29. The molecule has 0 saturated heterocycles. The van der Waals surface area contributed by atoms with Crippen LogP contribution in [0.5, 0.6) is 0 Å². The Labute approximate surface area is 73.9 Å². The molecule has 0 nitrogen and oxygen atoms in total. The van der Waals surface area contributed by atoms with Crippen molar-refractivity contribution in [3.63, 3.8) is 0 Å². The molecule has 1 aromatic rings. The van der Waals surface area contributed by atoms with E-state index >= 15 is 0 Å². The van der Waals surface area contributed by atoms with E-state index in [-0.39, 0.29) is 0 Å². The van der Waals surface area contributed by atoms with Crippen LogP contribution in [0.2, 0.25) is 0 Å². The Hall–Kier alpha value is -1.48. The number of hydrogen-bond donors (Lipinski definition) is 0. The van der Waals surface area contributed by atoms with Crippen LogP contribution in [0.3, 0.4) is 0 Å². The number of benzene rings is 1. The summed E-state index contributed by atoms with van der Waals surface area (Å²) >= 11 is 0. The molecule has 0 atom stereocenters. The van der Waals surface area contributed by atoms with Crippen molar-refractivity contribution in [1.29, 1.82) is 0 Å². The zero-order valence-electron chi connectivity index (χ0n) is 7.52. The minimum Gasteiger partial charge on any atom is -0.0877 e. The molecule has 0 aliphatic rings. The van der Waals surface area contributed by atoms with E-state index in [1.807, 2.05) is 25.1 Å². The highest BCUT2D eigenvalue weighted by atomic mass is 13.9. The monoisotopic (exact) mass is 156 g/mol. The van der Waals surface area contributed by atoms with Gasteiger partial charge >= 0.3 is 0 Å². The smallest absolute Gasteiger partial charge is 0.0278 e. The van der Waals surface area contributed by atoms with Crippen LogP contribution in [0, 0.1) is 18.8 Å². The van der Waals surface area contributed by atoms with Crippen molar-refractivity contribution in [2.75, 3.05) is 0 Å². The van der Waals surface area contributed by atoms with E-state index < -0.39 is 0 Å². The summed E-state index contributed by atoms with van der Waals surface area (Å²) in [5, 5.41) is 0. The SMILES string of the molecule is C=C(C)C#Cc1ccccc1C. The number of allylic oxidation sites excluding steroid dienone is 1. The lowest BCUT2D eigenvalue weighted by Crippen LogP contribution is -1.79. The molecule has 0 aliphatic heterocycles. The first-order valence-corrected chi connectivity index (χ1v) is 3.93. The predicted octanol–water partition coefficient (Wildman–Crippen LogP) is 2.92. The summed E-state index contributed by atoms with van der Waals surface area (Å²) in [4.78, 5) is 0. The van der Waals surface area contributed by atoms with Crippen molar-refractivity contribution in [1.82, 2.24) is 0 Å². The minimum absolute atomic E-state index is 0.901. The Morgan fingerprint density at radius 1 is 1.33 bits per heavy atom. The average molecular weight is 156 g/mol. The van der Waals surface area contributed by atoms with Crippen LogP contribution in [0.15, 0.2) is 36.4 Å². The normalized spacial score (nSPS) is 8.50. The molecule has 0 spiro atoms. The molecule has 0 heteroatoms. The lowest BCUT2D eigenvalue weighted by Gasteiger charge is -1.94. The van der Waals surface area contributed by atoms with E-state index in [2.05, 4.69) is 31.4 Å². The summed E-state index contributed by atoms with van der Waals surface area (Å²) in [5.74, 6) is 6.02. The molecule has 60 valence electrons. The Bertz CT molecular complexity index is 348. The van der Waals surface area contributed by atoms with Crippen molar-refractivity contribution < 1.29 is 0 Å². The van der Waals surface area contributed by atoms with Crippen LogP contribution in [0.4, 0.5) is 0 Å². The van der Waals surface area contributed by atoms with Crippen molar-refractivity contribution in [3.8, 4) is 11.8 Å². The number of rotatable bonds is 0. The van der Waals surface area contributed by atoms with Gasteiger partial charge in [-0.15, -0.1) is 0 Å². The number of hydrogen-bond acceptors (Lipinski definition) is 0. The van der Waals surface area contributed by atoms with Crippen molar-refractivity contribution in [2.24, 2.45) is 0 Å². The molecule has 12 heavy (non-hydrogen) atoms. The summed E-state index contributed by atoms with van der Waals surface area (Å²) in [5.41, 5.74) is 3.20. The Morgan fingerprint density at radius 3 is 2.58 bits per heavy atom. The van der Waals surface area contributed by atoms with Gasteiger partial charge in [0.15, 0.2) is 0 Å². The van der Waals surface area contributed by atoms with Crippen LogP contribution < -0.4 is 0 Å². The molecule has 0 N–H and O–H groups in total. The van der Waals surface area contributed by atoms with Gasteiger partial charge in [-0.05, 0) is 31.1 Å². The van der Waals surface area contributed by atoms with Gasteiger partial charge in [0.2, 0.25) is 0 Å². The van der Waals surface area contributed by atoms with Crippen molar-refractivity contribution in [3.05, 3.63) is 47.5 Å². The highest BCUT2D eigenvalue weighted by molar-refractivity contribution is 5.43. The standard InChI is InChI=1S/C12H12/c1-10(2)8-9-12-7-5-4-6-11(12)3/h4-7H,1H2,2-3H3. The first-order chi connectivity index (χ1) is 5.70. The summed E-state index contributed by atoms with van der Waals surface area (Å²) in [6, 6.07) is 8.09. The maximum absolute atomic E-state index is 3.73. The van der Waals surface area contributed by atoms with Crippen LogP contribution in [-0.2, 0) is 0 Å². The maximum Gasteiger partial charge on any atom is 0.0278 e. The number of aryl methyl sites for hydroxylation is 1. The first-order valence-electron chi connectivity index (χ1n) is 3.93. The lowest BCUT2D eigenvalue weighted by molar-refractivity contribution is 1.44. The van der Waals surface area contributed by atoms with Gasteiger partial charge in [0.25, 0.3) is 0 Å². The van der Waals surface area contributed by atoms with E-state index in [0.29, 0.717) is 0 Å². The Morgan fingerprint density at radius 2 is 2.00 bits per heavy atom. The van der Waals surface area contributed by atoms with E-state index in [1.54, 1.807) is 0 Å². The molecule has 0 saturated carbocycles. The van der Waals surface area contributed by atoms with E-state index in [9.17, 15) is 0 Å². The van der Waals surface area contributed by atoms with Gasteiger partial charge < -0.3 is 0 Å². The molecule has 1 aromatic carbocycles. The van der Waals surface area contributed by atoms with Crippen LogP contribution >= 0.6 is 0 Å². The second-order valence-electron chi connectivity index (χ2n) is 2.85. The molecule has 0 aliphatic carbocycles. The zero-order chi connectivity index (χ0) is 8.97. The van der Waals surface area contributed by atoms with Crippen LogP contribution in [-0.4, -0.2) is 0 Å². The van der Waals surface area contributed by atoms with Gasteiger partial charge in [0, 0.05) is 5.56 Å². The lowest BCUT2D eigenvalue weighted by atomic mass is 10.1. The third-order valence-corrected chi connectivity index (χ3v) is 1.56. The molecule has 0 amide bonds.